The van der Waals surface area contributed by atoms with Crippen molar-refractivity contribution in [1.29, 1.82) is 0 Å². The predicted molar refractivity (Wildman–Crippen MR) is 107 cm³/mol. The minimum atomic E-state index is -0.671. The zero-order valence-corrected chi connectivity index (χ0v) is 16.5. The number of hydrogen-bond donors (Lipinski definition) is 1. The number of benzene rings is 2. The number of amides is 2. The third-order valence-corrected chi connectivity index (χ3v) is 6.19. The van der Waals surface area contributed by atoms with Crippen LogP contribution in [0.1, 0.15) is 26.3 Å². The first-order valence-electron chi connectivity index (χ1n) is 7.60. The summed E-state index contributed by atoms with van der Waals surface area (Å²) in [5, 5.41) is 0.336. The number of hydrogen-bond acceptors (Lipinski definition) is 3. The fraction of sp³-hybridized carbons (Fsp3) is 0.0556. The van der Waals surface area contributed by atoms with Crippen LogP contribution in [-0.2, 0) is 0 Å². The molecule has 1 N–H and O–H groups in total. The minimum absolute atomic E-state index is 0.0939. The maximum absolute atomic E-state index is 12.9. The Bertz CT molecular complexity index is 1200. The molecule has 27 heavy (non-hydrogen) atoms. The summed E-state index contributed by atoms with van der Waals surface area (Å²) in [7, 11) is 0. The highest BCUT2D eigenvalue weighted by Gasteiger charge is 2.42. The summed E-state index contributed by atoms with van der Waals surface area (Å²) in [6.45, 7) is 1.79. The molecule has 2 aromatic carbocycles. The molecule has 2 heterocycles. The van der Waals surface area contributed by atoms with Crippen LogP contribution < -0.4 is 10.5 Å². The van der Waals surface area contributed by atoms with E-state index in [9.17, 15) is 14.4 Å². The highest BCUT2D eigenvalue weighted by atomic mass is 35.5. The molecule has 2 amide bonds. The van der Waals surface area contributed by atoms with Crippen LogP contribution in [0.25, 0.3) is 10.9 Å². The number of anilines is 1. The molecular formula is C18H8Cl4N2O3. The Hall–Kier alpha value is -2.05. The molecule has 0 bridgehead atoms. The van der Waals surface area contributed by atoms with E-state index in [1.165, 1.54) is 12.1 Å². The zero-order chi connectivity index (χ0) is 19.6. The van der Waals surface area contributed by atoms with Gasteiger partial charge in [0.25, 0.3) is 11.8 Å². The molecule has 0 saturated carbocycles. The van der Waals surface area contributed by atoms with E-state index in [1.807, 2.05) is 0 Å². The van der Waals surface area contributed by atoms with Crippen LogP contribution in [0.15, 0.2) is 29.1 Å². The maximum Gasteiger partial charge on any atom is 0.267 e. The van der Waals surface area contributed by atoms with Crippen LogP contribution in [-0.4, -0.2) is 16.8 Å². The molecule has 0 saturated heterocycles. The number of aromatic amines is 1. The van der Waals surface area contributed by atoms with Gasteiger partial charge in [-0.2, -0.15) is 0 Å². The molecule has 1 aliphatic rings. The van der Waals surface area contributed by atoms with Gasteiger partial charge in [-0.1, -0.05) is 52.5 Å². The van der Waals surface area contributed by atoms with E-state index in [0.29, 0.717) is 5.52 Å². The van der Waals surface area contributed by atoms with Gasteiger partial charge in [0.2, 0.25) is 5.56 Å². The molecule has 1 aromatic heterocycles. The Kier molecular flexibility index (Phi) is 4.24. The lowest BCUT2D eigenvalue weighted by atomic mass is 10.1. The fourth-order valence-corrected chi connectivity index (χ4v) is 4.16. The number of carbonyl (C=O) groups excluding carboxylic acids is 2. The molecule has 9 heteroatoms. The third-order valence-electron chi connectivity index (χ3n) is 4.39. The number of fused-ring (bicyclic) bond motifs is 2. The second-order valence-corrected chi connectivity index (χ2v) is 7.51. The first-order valence-corrected chi connectivity index (χ1v) is 9.12. The van der Waals surface area contributed by atoms with Gasteiger partial charge < -0.3 is 4.98 Å². The summed E-state index contributed by atoms with van der Waals surface area (Å²) in [4.78, 5) is 41.2. The van der Waals surface area contributed by atoms with E-state index in [-0.39, 0.29) is 42.5 Å². The topological polar surface area (TPSA) is 70.2 Å². The molecule has 0 spiro atoms. The van der Waals surface area contributed by atoms with Crippen LogP contribution in [0, 0.1) is 6.92 Å². The van der Waals surface area contributed by atoms with E-state index < -0.39 is 11.8 Å². The second-order valence-electron chi connectivity index (χ2n) is 6.00. The predicted octanol–water partition coefficient (Wildman–Crippen LogP) is 5.25. The van der Waals surface area contributed by atoms with Crippen LogP contribution in [0.3, 0.4) is 0 Å². The zero-order valence-electron chi connectivity index (χ0n) is 13.5. The molecule has 0 fully saturated rings. The fourth-order valence-electron chi connectivity index (χ4n) is 3.15. The Morgan fingerprint density at radius 1 is 0.815 bits per heavy atom. The summed E-state index contributed by atoms with van der Waals surface area (Å²) in [5.41, 5.74) is 1.03. The number of pyridine rings is 1. The van der Waals surface area contributed by atoms with Gasteiger partial charge in [-0.15, -0.1) is 0 Å². The van der Waals surface area contributed by atoms with Gasteiger partial charge >= 0.3 is 0 Å². The summed E-state index contributed by atoms with van der Waals surface area (Å²) in [6, 6.07) is 6.31. The minimum Gasteiger partial charge on any atom is -0.322 e. The van der Waals surface area contributed by atoms with Crippen molar-refractivity contribution in [3.05, 3.63) is 71.4 Å². The number of H-pyrrole nitrogens is 1. The summed E-state index contributed by atoms with van der Waals surface area (Å²) >= 11 is 24.3. The van der Waals surface area contributed by atoms with Gasteiger partial charge in [-0.3, -0.25) is 14.4 Å². The number of rotatable bonds is 1. The Labute approximate surface area is 172 Å². The van der Waals surface area contributed by atoms with Crippen molar-refractivity contribution in [2.75, 3.05) is 4.90 Å². The van der Waals surface area contributed by atoms with E-state index in [4.69, 9.17) is 46.4 Å². The lowest BCUT2D eigenvalue weighted by molar-refractivity contribution is 0.0926. The van der Waals surface area contributed by atoms with Gasteiger partial charge in [0.15, 0.2) is 0 Å². The SMILES string of the molecule is Cc1cc(=O)[nH]c2cc(N3C(=O)c4c(Cl)c(Cl)c(Cl)c(Cl)c4C3=O)ccc12. The summed E-state index contributed by atoms with van der Waals surface area (Å²) in [6.07, 6.45) is 0. The second kappa shape index (κ2) is 6.24. The molecule has 0 aliphatic carbocycles. The number of aromatic nitrogens is 1. The van der Waals surface area contributed by atoms with Crippen molar-refractivity contribution < 1.29 is 9.59 Å². The Balaban J connectivity index is 1.94. The van der Waals surface area contributed by atoms with Crippen LogP contribution in [0.4, 0.5) is 5.69 Å². The van der Waals surface area contributed by atoms with Crippen LogP contribution in [0.2, 0.25) is 20.1 Å². The molecule has 1 aliphatic heterocycles. The summed E-state index contributed by atoms with van der Waals surface area (Å²) in [5.74, 6) is -1.34. The quantitative estimate of drug-likeness (QED) is 0.318. The van der Waals surface area contributed by atoms with Gasteiger partial charge in [0.05, 0.1) is 42.4 Å². The maximum atomic E-state index is 12.9. The lowest BCUT2D eigenvalue weighted by Crippen LogP contribution is -2.29. The van der Waals surface area contributed by atoms with Crippen molar-refractivity contribution in [3.8, 4) is 0 Å². The van der Waals surface area contributed by atoms with E-state index in [2.05, 4.69) is 4.98 Å². The smallest absolute Gasteiger partial charge is 0.267 e. The van der Waals surface area contributed by atoms with Gasteiger partial charge in [-0.05, 0) is 24.6 Å². The first kappa shape index (κ1) is 18.3. The van der Waals surface area contributed by atoms with Gasteiger partial charge in [0.1, 0.15) is 0 Å². The van der Waals surface area contributed by atoms with E-state index in [1.54, 1.807) is 19.1 Å². The Morgan fingerprint density at radius 3 is 1.93 bits per heavy atom. The number of aryl methyl sites for hydroxylation is 1. The van der Waals surface area contributed by atoms with Crippen LogP contribution in [0.5, 0.6) is 0 Å². The normalized spacial score (nSPS) is 13.6. The largest absolute Gasteiger partial charge is 0.322 e. The number of nitrogens with one attached hydrogen (secondary N) is 1. The first-order chi connectivity index (χ1) is 12.7. The Morgan fingerprint density at radius 2 is 1.37 bits per heavy atom. The highest BCUT2D eigenvalue weighted by molar-refractivity contribution is 6.56. The third kappa shape index (κ3) is 2.57. The van der Waals surface area contributed by atoms with Crippen molar-refractivity contribution in [2.24, 2.45) is 0 Å². The molecule has 136 valence electrons. The average Bonchev–Trinajstić information content (AvgIpc) is 2.88. The standard InChI is InChI=1S/C18H8Cl4N2O3/c1-6-4-10(25)23-9-5-7(2-3-8(6)9)24-17(26)11-12(18(24)27)14(20)16(22)15(21)13(11)19/h2-5H,1H3,(H,23,25). The van der Waals surface area contributed by atoms with Gasteiger partial charge in [0, 0.05) is 11.5 Å². The monoisotopic (exact) mass is 440 g/mol. The lowest BCUT2D eigenvalue weighted by Gasteiger charge is -2.15. The molecule has 3 aromatic rings. The van der Waals surface area contributed by atoms with Crippen molar-refractivity contribution in [1.82, 2.24) is 4.98 Å². The van der Waals surface area contributed by atoms with Crippen LogP contribution >= 0.6 is 46.4 Å². The molecule has 4 rings (SSSR count). The van der Waals surface area contributed by atoms with Gasteiger partial charge in [-0.25, -0.2) is 4.90 Å². The highest BCUT2D eigenvalue weighted by Crippen LogP contribution is 2.45. The van der Waals surface area contributed by atoms with Crippen molar-refractivity contribution in [3.63, 3.8) is 0 Å². The molecule has 5 nitrogen and oxygen atoms in total. The molecule has 0 radical (unpaired) electrons. The number of carbonyl (C=O) groups is 2. The van der Waals surface area contributed by atoms with Crippen molar-refractivity contribution >= 4 is 74.8 Å². The van der Waals surface area contributed by atoms with E-state index in [0.717, 1.165) is 15.8 Å². The van der Waals surface area contributed by atoms with E-state index >= 15 is 0 Å². The molecule has 0 unspecified atom stereocenters. The van der Waals surface area contributed by atoms with Crippen molar-refractivity contribution in [2.45, 2.75) is 6.92 Å². The molecule has 0 atom stereocenters. The number of imide groups is 1. The number of halogens is 4. The number of nitrogens with zero attached hydrogens (tertiary/aromatic N) is 1. The molecular weight excluding hydrogens is 434 g/mol. The average molecular weight is 442 g/mol. The summed E-state index contributed by atoms with van der Waals surface area (Å²) < 4.78 is 0.